The van der Waals surface area contributed by atoms with Crippen molar-refractivity contribution < 1.29 is 18.7 Å². The first kappa shape index (κ1) is 17.0. The lowest BCUT2D eigenvalue weighted by Gasteiger charge is -2.40. The monoisotopic (exact) mass is 335 g/mol. The molecule has 0 bridgehead atoms. The lowest BCUT2D eigenvalue weighted by molar-refractivity contribution is -0.142. The molecule has 2 amide bonds. The van der Waals surface area contributed by atoms with Gasteiger partial charge in [0.2, 0.25) is 5.91 Å². The Morgan fingerprint density at radius 1 is 1.08 bits per heavy atom. The first-order valence-corrected chi connectivity index (χ1v) is 8.43. The summed E-state index contributed by atoms with van der Waals surface area (Å²) in [5.41, 5.74) is 6.06. The first-order chi connectivity index (χ1) is 11.4. The van der Waals surface area contributed by atoms with Gasteiger partial charge in [-0.15, -0.1) is 0 Å². The standard InChI is InChI=1S/C17H25N3O4/c1-12-11-14(13(2)24-12)15(21)19-5-7-20(8-6-19)16(22)17(18)3-9-23-10-4-17/h11H,3-10,18H2,1-2H3. The SMILES string of the molecule is Cc1cc(C(=O)N2CCN(C(=O)C3(N)CCOCC3)CC2)c(C)o1. The van der Waals surface area contributed by atoms with E-state index >= 15 is 0 Å². The number of carbonyl (C=O) groups excluding carboxylic acids is 2. The first-order valence-electron chi connectivity index (χ1n) is 8.43. The van der Waals surface area contributed by atoms with Gasteiger partial charge in [0.05, 0.1) is 11.1 Å². The van der Waals surface area contributed by atoms with Gasteiger partial charge in [-0.05, 0) is 32.8 Å². The third kappa shape index (κ3) is 3.18. The number of hydrogen-bond donors (Lipinski definition) is 1. The molecule has 0 aliphatic carbocycles. The number of nitrogens with two attached hydrogens (primary N) is 1. The van der Waals surface area contributed by atoms with Gasteiger partial charge >= 0.3 is 0 Å². The smallest absolute Gasteiger partial charge is 0.257 e. The van der Waals surface area contributed by atoms with Crippen LogP contribution >= 0.6 is 0 Å². The molecule has 0 radical (unpaired) electrons. The van der Waals surface area contributed by atoms with Crippen LogP contribution in [-0.4, -0.2) is 66.5 Å². The zero-order chi connectivity index (χ0) is 17.3. The molecule has 0 unspecified atom stereocenters. The molecule has 1 aromatic heterocycles. The van der Waals surface area contributed by atoms with E-state index in [0.29, 0.717) is 63.6 Å². The number of rotatable bonds is 2. The van der Waals surface area contributed by atoms with Crippen molar-refractivity contribution in [3.8, 4) is 0 Å². The van der Waals surface area contributed by atoms with Crippen molar-refractivity contribution in [2.24, 2.45) is 5.73 Å². The summed E-state index contributed by atoms with van der Waals surface area (Å²) in [6.07, 6.45) is 1.11. The zero-order valence-electron chi connectivity index (χ0n) is 14.3. The second-order valence-corrected chi connectivity index (χ2v) is 6.68. The van der Waals surface area contributed by atoms with E-state index < -0.39 is 5.54 Å². The second-order valence-electron chi connectivity index (χ2n) is 6.68. The minimum Gasteiger partial charge on any atom is -0.466 e. The molecule has 0 saturated carbocycles. The fourth-order valence-electron chi connectivity index (χ4n) is 3.39. The van der Waals surface area contributed by atoms with E-state index in [2.05, 4.69) is 0 Å². The van der Waals surface area contributed by atoms with E-state index in [1.165, 1.54) is 0 Å². The van der Waals surface area contributed by atoms with Crippen LogP contribution in [0.25, 0.3) is 0 Å². The number of carbonyl (C=O) groups is 2. The number of amides is 2. The minimum atomic E-state index is -0.817. The van der Waals surface area contributed by atoms with Gasteiger partial charge in [-0.2, -0.15) is 0 Å². The average Bonchev–Trinajstić information content (AvgIpc) is 2.93. The fraction of sp³-hybridized carbons (Fsp3) is 0.647. The van der Waals surface area contributed by atoms with Gasteiger partial charge in [0.1, 0.15) is 11.5 Å². The highest BCUT2D eigenvalue weighted by molar-refractivity contribution is 5.95. The van der Waals surface area contributed by atoms with Crippen molar-refractivity contribution in [3.63, 3.8) is 0 Å². The zero-order valence-corrected chi connectivity index (χ0v) is 14.3. The predicted octanol–water partition coefficient (Wildman–Crippen LogP) is 0.689. The lowest BCUT2D eigenvalue weighted by Crippen LogP contribution is -2.61. The molecule has 2 aliphatic heterocycles. The maximum Gasteiger partial charge on any atom is 0.257 e. The molecular formula is C17H25N3O4. The van der Waals surface area contributed by atoms with Gasteiger partial charge in [-0.3, -0.25) is 9.59 Å². The van der Waals surface area contributed by atoms with E-state index in [9.17, 15) is 9.59 Å². The Hall–Kier alpha value is -1.86. The Bertz CT molecular complexity index is 626. The lowest BCUT2D eigenvalue weighted by atomic mass is 9.89. The van der Waals surface area contributed by atoms with Crippen LogP contribution in [0, 0.1) is 13.8 Å². The quantitative estimate of drug-likeness (QED) is 0.859. The van der Waals surface area contributed by atoms with Gasteiger partial charge in [0, 0.05) is 39.4 Å². The molecule has 132 valence electrons. The molecular weight excluding hydrogens is 310 g/mol. The van der Waals surface area contributed by atoms with Crippen molar-refractivity contribution >= 4 is 11.8 Å². The number of hydrogen-bond acceptors (Lipinski definition) is 5. The molecule has 7 heteroatoms. The number of piperazine rings is 1. The third-order valence-corrected chi connectivity index (χ3v) is 4.94. The Balaban J connectivity index is 1.60. The molecule has 24 heavy (non-hydrogen) atoms. The summed E-state index contributed by atoms with van der Waals surface area (Å²) in [6, 6.07) is 1.77. The Morgan fingerprint density at radius 3 is 2.21 bits per heavy atom. The molecule has 3 rings (SSSR count). The molecule has 7 nitrogen and oxygen atoms in total. The average molecular weight is 335 g/mol. The summed E-state index contributed by atoms with van der Waals surface area (Å²) in [5, 5.41) is 0. The summed E-state index contributed by atoms with van der Waals surface area (Å²) >= 11 is 0. The van der Waals surface area contributed by atoms with E-state index in [-0.39, 0.29) is 11.8 Å². The summed E-state index contributed by atoms with van der Waals surface area (Å²) < 4.78 is 10.7. The van der Waals surface area contributed by atoms with Crippen molar-refractivity contribution in [2.45, 2.75) is 32.2 Å². The Morgan fingerprint density at radius 2 is 1.67 bits per heavy atom. The largest absolute Gasteiger partial charge is 0.466 e. The van der Waals surface area contributed by atoms with E-state index in [1.54, 1.807) is 22.8 Å². The second kappa shape index (κ2) is 6.57. The van der Waals surface area contributed by atoms with Gasteiger partial charge in [-0.25, -0.2) is 0 Å². The van der Waals surface area contributed by atoms with Gasteiger partial charge in [0.15, 0.2) is 0 Å². The number of furan rings is 1. The minimum absolute atomic E-state index is 0.0202. The fourth-order valence-corrected chi connectivity index (χ4v) is 3.39. The summed E-state index contributed by atoms with van der Waals surface area (Å²) in [6.45, 7) is 6.74. The molecule has 0 atom stereocenters. The van der Waals surface area contributed by atoms with Crippen LogP contribution in [0.2, 0.25) is 0 Å². The molecule has 1 aromatic rings. The predicted molar refractivity (Wildman–Crippen MR) is 87.6 cm³/mol. The maximum atomic E-state index is 12.7. The van der Waals surface area contributed by atoms with Crippen molar-refractivity contribution in [3.05, 3.63) is 23.2 Å². The molecule has 2 aliphatic rings. The number of nitrogens with zero attached hydrogens (tertiary/aromatic N) is 2. The highest BCUT2D eigenvalue weighted by Gasteiger charge is 2.40. The normalized spacial score (nSPS) is 21.0. The van der Waals surface area contributed by atoms with Gasteiger partial charge in [-0.1, -0.05) is 0 Å². The van der Waals surface area contributed by atoms with Crippen molar-refractivity contribution in [1.29, 1.82) is 0 Å². The number of ether oxygens (including phenoxy) is 1. The van der Waals surface area contributed by atoms with Crippen molar-refractivity contribution in [2.75, 3.05) is 39.4 Å². The van der Waals surface area contributed by atoms with Crippen LogP contribution in [0.4, 0.5) is 0 Å². The van der Waals surface area contributed by atoms with Crippen LogP contribution in [0.5, 0.6) is 0 Å². The molecule has 2 N–H and O–H groups in total. The van der Waals surface area contributed by atoms with Gasteiger partial charge in [0.25, 0.3) is 5.91 Å². The molecule has 2 saturated heterocycles. The van der Waals surface area contributed by atoms with E-state index in [1.807, 2.05) is 6.92 Å². The van der Waals surface area contributed by atoms with Crippen LogP contribution in [0.3, 0.4) is 0 Å². The molecule has 2 fully saturated rings. The van der Waals surface area contributed by atoms with Gasteiger partial charge < -0.3 is 24.7 Å². The highest BCUT2D eigenvalue weighted by atomic mass is 16.5. The Kier molecular flexibility index (Phi) is 4.64. The Labute approximate surface area is 141 Å². The van der Waals surface area contributed by atoms with Crippen LogP contribution in [-0.2, 0) is 9.53 Å². The maximum absolute atomic E-state index is 12.7. The summed E-state index contributed by atoms with van der Waals surface area (Å²) in [4.78, 5) is 28.9. The molecule has 0 spiro atoms. The summed E-state index contributed by atoms with van der Waals surface area (Å²) in [7, 11) is 0. The number of aryl methyl sites for hydroxylation is 2. The van der Waals surface area contributed by atoms with Crippen LogP contribution in [0.15, 0.2) is 10.5 Å². The van der Waals surface area contributed by atoms with E-state index in [4.69, 9.17) is 14.9 Å². The topological polar surface area (TPSA) is 89.0 Å². The van der Waals surface area contributed by atoms with E-state index in [0.717, 1.165) is 5.76 Å². The van der Waals surface area contributed by atoms with Crippen LogP contribution < -0.4 is 5.73 Å². The van der Waals surface area contributed by atoms with Crippen molar-refractivity contribution in [1.82, 2.24) is 9.80 Å². The third-order valence-electron chi connectivity index (χ3n) is 4.94. The highest BCUT2D eigenvalue weighted by Crippen LogP contribution is 2.22. The van der Waals surface area contributed by atoms with Crippen LogP contribution in [0.1, 0.15) is 34.7 Å². The molecule has 3 heterocycles. The molecule has 0 aromatic carbocycles. The summed E-state index contributed by atoms with van der Waals surface area (Å²) in [5.74, 6) is 1.31.